The SMILES string of the molecule is CCOC(=O)C(=O)Nc1nc2c(s1)C[C@@H](NC(=O)c1cc(Br)c(Br)[nH]1)CC2. The van der Waals surface area contributed by atoms with Gasteiger partial charge >= 0.3 is 11.9 Å². The van der Waals surface area contributed by atoms with Crippen LogP contribution in [0.5, 0.6) is 0 Å². The number of thiazole rings is 1. The highest BCUT2D eigenvalue weighted by Gasteiger charge is 2.26. The molecule has 3 rings (SSSR count). The van der Waals surface area contributed by atoms with E-state index in [0.29, 0.717) is 28.3 Å². The predicted molar refractivity (Wildman–Crippen MR) is 107 cm³/mol. The number of H-pyrrole nitrogens is 1. The minimum Gasteiger partial charge on any atom is -0.459 e. The van der Waals surface area contributed by atoms with Gasteiger partial charge < -0.3 is 15.0 Å². The van der Waals surface area contributed by atoms with E-state index in [-0.39, 0.29) is 18.6 Å². The molecule has 0 aliphatic heterocycles. The Morgan fingerprint density at radius 1 is 1.41 bits per heavy atom. The fraction of sp³-hybridized carbons (Fsp3) is 0.375. The summed E-state index contributed by atoms with van der Waals surface area (Å²) in [6.45, 7) is 1.77. The lowest BCUT2D eigenvalue weighted by atomic mass is 9.97. The van der Waals surface area contributed by atoms with E-state index in [2.05, 4.69) is 57.2 Å². The number of aromatic nitrogens is 2. The maximum atomic E-state index is 12.4. The molecular formula is C16H16Br2N4O4S. The lowest BCUT2D eigenvalue weighted by Gasteiger charge is -2.22. The lowest BCUT2D eigenvalue weighted by molar-refractivity contribution is -0.152. The Morgan fingerprint density at radius 2 is 2.19 bits per heavy atom. The van der Waals surface area contributed by atoms with Gasteiger partial charge in [-0.3, -0.25) is 14.9 Å². The van der Waals surface area contributed by atoms with Crippen LogP contribution in [-0.4, -0.2) is 40.4 Å². The second-order valence-corrected chi connectivity index (χ2v) is 8.55. The van der Waals surface area contributed by atoms with Crippen molar-refractivity contribution in [3.63, 3.8) is 0 Å². The van der Waals surface area contributed by atoms with E-state index in [4.69, 9.17) is 0 Å². The standard InChI is InChI=1S/C16H16Br2N4O4S/c1-2-26-15(25)14(24)22-16-21-9-4-3-7(5-11(9)27-16)19-13(23)10-6-8(17)12(18)20-10/h6-7,20H,2-5H2,1H3,(H,19,23)(H,21,22,24)/t7-/m0/s1. The maximum Gasteiger partial charge on any atom is 0.397 e. The van der Waals surface area contributed by atoms with E-state index < -0.39 is 11.9 Å². The Bertz CT molecular complexity index is 876. The van der Waals surface area contributed by atoms with Gasteiger partial charge in [0, 0.05) is 17.3 Å². The summed E-state index contributed by atoms with van der Waals surface area (Å²) >= 11 is 7.97. The molecule has 144 valence electrons. The molecule has 1 atom stereocenters. The van der Waals surface area contributed by atoms with Gasteiger partial charge in [-0.15, -0.1) is 11.3 Å². The number of ether oxygens (including phenoxy) is 1. The molecule has 0 unspecified atom stereocenters. The third-order valence-corrected chi connectivity index (χ3v) is 6.74. The number of nitrogens with zero attached hydrogens (tertiary/aromatic N) is 1. The zero-order valence-electron chi connectivity index (χ0n) is 14.2. The van der Waals surface area contributed by atoms with Gasteiger partial charge in [0.25, 0.3) is 5.91 Å². The Labute approximate surface area is 175 Å². The summed E-state index contributed by atoms with van der Waals surface area (Å²) in [5, 5.41) is 5.84. The summed E-state index contributed by atoms with van der Waals surface area (Å²) < 4.78 is 6.15. The number of hydrogen-bond acceptors (Lipinski definition) is 6. The summed E-state index contributed by atoms with van der Waals surface area (Å²) in [6, 6.07) is 1.68. The topological polar surface area (TPSA) is 113 Å². The third kappa shape index (κ3) is 4.77. The number of halogens is 2. The molecule has 0 saturated carbocycles. The van der Waals surface area contributed by atoms with Crippen LogP contribution < -0.4 is 10.6 Å². The van der Waals surface area contributed by atoms with Crippen molar-refractivity contribution in [3.8, 4) is 0 Å². The van der Waals surface area contributed by atoms with E-state index in [1.165, 1.54) is 11.3 Å². The first-order valence-electron chi connectivity index (χ1n) is 8.19. The number of nitrogens with one attached hydrogen (secondary N) is 3. The largest absolute Gasteiger partial charge is 0.459 e. The van der Waals surface area contributed by atoms with Crippen molar-refractivity contribution >= 4 is 66.1 Å². The van der Waals surface area contributed by atoms with Crippen molar-refractivity contribution in [1.29, 1.82) is 0 Å². The second kappa shape index (κ2) is 8.53. The molecule has 2 amide bonds. The highest BCUT2D eigenvalue weighted by Crippen LogP contribution is 2.30. The molecule has 0 radical (unpaired) electrons. The van der Waals surface area contributed by atoms with Gasteiger partial charge in [-0.1, -0.05) is 0 Å². The number of fused-ring (bicyclic) bond motifs is 1. The van der Waals surface area contributed by atoms with Crippen molar-refractivity contribution in [2.75, 3.05) is 11.9 Å². The van der Waals surface area contributed by atoms with E-state index in [0.717, 1.165) is 21.5 Å². The van der Waals surface area contributed by atoms with Crippen molar-refractivity contribution in [2.45, 2.75) is 32.2 Å². The number of carbonyl (C=O) groups excluding carboxylic acids is 3. The summed E-state index contributed by atoms with van der Waals surface area (Å²) in [6.07, 6.45) is 2.05. The molecule has 2 aromatic heterocycles. The van der Waals surface area contributed by atoms with Crippen LogP contribution in [0.4, 0.5) is 5.13 Å². The first-order chi connectivity index (χ1) is 12.9. The number of aryl methyl sites for hydroxylation is 1. The van der Waals surface area contributed by atoms with Gasteiger partial charge in [-0.25, -0.2) is 9.78 Å². The summed E-state index contributed by atoms with van der Waals surface area (Å²) in [5.74, 6) is -1.95. The molecule has 0 spiro atoms. The summed E-state index contributed by atoms with van der Waals surface area (Å²) in [5.41, 5.74) is 1.35. The van der Waals surface area contributed by atoms with Gasteiger partial charge in [0.1, 0.15) is 5.69 Å². The van der Waals surface area contributed by atoms with Gasteiger partial charge in [-0.05, 0) is 57.7 Å². The number of amides is 2. The summed E-state index contributed by atoms with van der Waals surface area (Å²) in [4.78, 5) is 43.8. The van der Waals surface area contributed by atoms with Gasteiger partial charge in [0.2, 0.25) is 0 Å². The number of esters is 1. The molecule has 1 aliphatic carbocycles. The number of anilines is 1. The van der Waals surface area contributed by atoms with Crippen LogP contribution in [0.15, 0.2) is 15.1 Å². The fourth-order valence-electron chi connectivity index (χ4n) is 2.69. The molecule has 1 aliphatic rings. The first-order valence-corrected chi connectivity index (χ1v) is 10.6. The Kier molecular flexibility index (Phi) is 6.33. The highest BCUT2D eigenvalue weighted by atomic mass is 79.9. The minimum atomic E-state index is -0.931. The number of hydrogen-bond donors (Lipinski definition) is 3. The van der Waals surface area contributed by atoms with E-state index >= 15 is 0 Å². The number of carbonyl (C=O) groups is 3. The van der Waals surface area contributed by atoms with E-state index in [1.807, 2.05) is 0 Å². The van der Waals surface area contributed by atoms with Crippen molar-refractivity contribution in [2.24, 2.45) is 0 Å². The molecule has 3 N–H and O–H groups in total. The fourth-order valence-corrected chi connectivity index (χ4v) is 4.43. The quantitative estimate of drug-likeness (QED) is 0.424. The van der Waals surface area contributed by atoms with Crippen LogP contribution in [0.1, 0.15) is 34.4 Å². The zero-order valence-corrected chi connectivity index (χ0v) is 18.2. The van der Waals surface area contributed by atoms with Crippen LogP contribution in [0.25, 0.3) is 0 Å². The molecule has 11 heteroatoms. The van der Waals surface area contributed by atoms with Crippen molar-refractivity contribution in [1.82, 2.24) is 15.3 Å². The Hall–Kier alpha value is -1.72. The molecule has 0 aromatic carbocycles. The highest BCUT2D eigenvalue weighted by molar-refractivity contribution is 9.13. The first kappa shape index (κ1) is 20.0. The summed E-state index contributed by atoms with van der Waals surface area (Å²) in [7, 11) is 0. The maximum absolute atomic E-state index is 12.4. The zero-order chi connectivity index (χ0) is 19.6. The van der Waals surface area contributed by atoms with Crippen molar-refractivity contribution in [3.05, 3.63) is 31.4 Å². The molecule has 2 aromatic rings. The van der Waals surface area contributed by atoms with Crippen LogP contribution in [0.2, 0.25) is 0 Å². The number of rotatable bonds is 4. The van der Waals surface area contributed by atoms with Gasteiger partial charge in [-0.2, -0.15) is 0 Å². The Balaban J connectivity index is 1.61. The molecule has 0 bridgehead atoms. The van der Waals surface area contributed by atoms with E-state index in [9.17, 15) is 14.4 Å². The van der Waals surface area contributed by atoms with Crippen LogP contribution in [-0.2, 0) is 27.2 Å². The molecule has 0 fully saturated rings. The molecule has 8 nitrogen and oxygen atoms in total. The van der Waals surface area contributed by atoms with E-state index in [1.54, 1.807) is 13.0 Å². The molecule has 2 heterocycles. The van der Waals surface area contributed by atoms with Crippen LogP contribution in [0.3, 0.4) is 0 Å². The smallest absolute Gasteiger partial charge is 0.397 e. The average Bonchev–Trinajstić information content (AvgIpc) is 3.17. The minimum absolute atomic E-state index is 0.0279. The second-order valence-electron chi connectivity index (χ2n) is 5.82. The average molecular weight is 520 g/mol. The molecule has 0 saturated heterocycles. The Morgan fingerprint density at radius 3 is 2.85 bits per heavy atom. The normalized spacial score (nSPS) is 15.7. The molecular weight excluding hydrogens is 504 g/mol. The van der Waals surface area contributed by atoms with Gasteiger partial charge in [0.15, 0.2) is 5.13 Å². The number of aromatic amines is 1. The van der Waals surface area contributed by atoms with Crippen LogP contribution >= 0.6 is 43.2 Å². The van der Waals surface area contributed by atoms with Crippen LogP contribution in [0, 0.1) is 0 Å². The third-order valence-electron chi connectivity index (χ3n) is 3.93. The molecule has 27 heavy (non-hydrogen) atoms. The monoisotopic (exact) mass is 518 g/mol. The van der Waals surface area contributed by atoms with Crippen molar-refractivity contribution < 1.29 is 19.1 Å². The van der Waals surface area contributed by atoms with Gasteiger partial charge in [0.05, 0.1) is 21.4 Å². The predicted octanol–water partition coefficient (Wildman–Crippen LogP) is 2.79. The lowest BCUT2D eigenvalue weighted by Crippen LogP contribution is -2.38.